The predicted molar refractivity (Wildman–Crippen MR) is 116 cm³/mol. The highest BCUT2D eigenvalue weighted by molar-refractivity contribution is 14.0. The molecule has 8 heteroatoms. The van der Waals surface area contributed by atoms with E-state index in [0.29, 0.717) is 18.1 Å². The molecule has 1 heterocycles. The zero-order valence-corrected chi connectivity index (χ0v) is 18.4. The minimum Gasteiger partial charge on any atom is -0.393 e. The van der Waals surface area contributed by atoms with Crippen LogP contribution in [0.2, 0.25) is 0 Å². The maximum Gasteiger partial charge on any atom is 0.191 e. The molecule has 0 saturated carbocycles. The molecule has 1 aliphatic rings. The van der Waals surface area contributed by atoms with Crippen LogP contribution in [0.25, 0.3) is 0 Å². The second-order valence-electron chi connectivity index (χ2n) is 6.73. The summed E-state index contributed by atoms with van der Waals surface area (Å²) in [4.78, 5) is 6.92. The molecule has 1 aliphatic heterocycles. The van der Waals surface area contributed by atoms with Crippen LogP contribution in [0.15, 0.2) is 23.2 Å². The first-order valence-corrected chi connectivity index (χ1v) is 9.39. The summed E-state index contributed by atoms with van der Waals surface area (Å²) in [7, 11) is 0. The van der Waals surface area contributed by atoms with Crippen LogP contribution in [0.4, 0.5) is 8.78 Å². The summed E-state index contributed by atoms with van der Waals surface area (Å²) in [5.74, 6) is -1.02. The zero-order valence-electron chi connectivity index (χ0n) is 16.0. The number of rotatable bonds is 7. The Hall–Kier alpha value is -1.00. The molecular formula is C19H31F2IN4O. The maximum absolute atomic E-state index is 13.4. The molecule has 27 heavy (non-hydrogen) atoms. The lowest BCUT2D eigenvalue weighted by Gasteiger charge is -2.29. The Bertz CT molecular complexity index is 595. The number of hydrogen-bond acceptors (Lipinski definition) is 3. The summed E-state index contributed by atoms with van der Waals surface area (Å²) in [5, 5.41) is 15.9. The minimum atomic E-state index is -0.843. The molecule has 0 aliphatic carbocycles. The fourth-order valence-electron chi connectivity index (χ4n) is 3.02. The average molecular weight is 496 g/mol. The van der Waals surface area contributed by atoms with Crippen LogP contribution in [-0.2, 0) is 0 Å². The van der Waals surface area contributed by atoms with E-state index in [4.69, 9.17) is 0 Å². The van der Waals surface area contributed by atoms with Gasteiger partial charge in [0.1, 0.15) is 0 Å². The summed E-state index contributed by atoms with van der Waals surface area (Å²) >= 11 is 0. The first-order chi connectivity index (χ1) is 12.5. The van der Waals surface area contributed by atoms with E-state index in [1.54, 1.807) is 6.07 Å². The first kappa shape index (κ1) is 24.0. The fraction of sp³-hybridized carbons (Fsp3) is 0.632. The molecule has 0 spiro atoms. The number of nitrogens with zero attached hydrogens (tertiary/aromatic N) is 2. The molecule has 1 aromatic rings. The van der Waals surface area contributed by atoms with Crippen LogP contribution in [0.1, 0.15) is 44.7 Å². The van der Waals surface area contributed by atoms with Gasteiger partial charge in [-0.15, -0.1) is 24.0 Å². The molecule has 0 aromatic heterocycles. The Morgan fingerprint density at radius 2 is 2.00 bits per heavy atom. The van der Waals surface area contributed by atoms with Crippen molar-refractivity contribution >= 4 is 29.9 Å². The predicted octanol–water partition coefficient (Wildman–Crippen LogP) is 3.05. The van der Waals surface area contributed by atoms with Gasteiger partial charge >= 0.3 is 0 Å². The highest BCUT2D eigenvalue weighted by Crippen LogP contribution is 2.16. The van der Waals surface area contributed by atoms with Gasteiger partial charge in [0, 0.05) is 26.2 Å². The molecule has 2 rings (SSSR count). The van der Waals surface area contributed by atoms with Crippen molar-refractivity contribution in [3.8, 4) is 0 Å². The Balaban J connectivity index is 0.00000364. The molecule has 154 valence electrons. The van der Waals surface area contributed by atoms with E-state index in [1.807, 2.05) is 13.8 Å². The van der Waals surface area contributed by atoms with Crippen molar-refractivity contribution in [2.75, 3.05) is 32.7 Å². The summed E-state index contributed by atoms with van der Waals surface area (Å²) in [6.45, 7) is 8.12. The molecule has 1 fully saturated rings. The molecule has 0 radical (unpaired) electrons. The maximum atomic E-state index is 13.4. The van der Waals surface area contributed by atoms with E-state index < -0.39 is 11.6 Å². The molecule has 1 atom stereocenters. The molecule has 0 bridgehead atoms. The van der Waals surface area contributed by atoms with Crippen molar-refractivity contribution < 1.29 is 13.9 Å². The zero-order chi connectivity index (χ0) is 18.9. The number of aliphatic hydroxyl groups is 1. The summed E-state index contributed by atoms with van der Waals surface area (Å²) in [6.07, 6.45) is 2.48. The second-order valence-corrected chi connectivity index (χ2v) is 6.73. The summed E-state index contributed by atoms with van der Waals surface area (Å²) in [6, 6.07) is 3.74. The second kappa shape index (κ2) is 12.5. The summed E-state index contributed by atoms with van der Waals surface area (Å²) < 4.78 is 26.5. The van der Waals surface area contributed by atoms with E-state index in [-0.39, 0.29) is 36.1 Å². The molecule has 3 N–H and O–H groups in total. The number of aliphatic imine (C=N–C) groups is 1. The third-order valence-corrected chi connectivity index (χ3v) is 4.60. The van der Waals surface area contributed by atoms with Crippen LogP contribution in [-0.4, -0.2) is 54.8 Å². The standard InChI is InChI=1S/C19H30F2N4O.HI/c1-3-22-19(23-9-4-10-25-11-7-16(26)8-12-25)24-14(2)15-5-6-17(20)18(21)13-15;/h5-6,13-14,16,26H,3-4,7-12H2,1-2H3,(H2,22,23,24);1H. The Kier molecular flexibility index (Phi) is 11.1. The first-order valence-electron chi connectivity index (χ1n) is 9.39. The van der Waals surface area contributed by atoms with E-state index >= 15 is 0 Å². The lowest BCUT2D eigenvalue weighted by molar-refractivity contribution is 0.0824. The SMILES string of the molecule is CCNC(=NCCCN1CCC(O)CC1)NC(C)c1ccc(F)c(F)c1.I. The van der Waals surface area contributed by atoms with Gasteiger partial charge in [-0.2, -0.15) is 0 Å². The van der Waals surface area contributed by atoms with Crippen LogP contribution in [0.3, 0.4) is 0 Å². The number of hydrogen-bond donors (Lipinski definition) is 3. The van der Waals surface area contributed by atoms with Crippen LogP contribution in [0.5, 0.6) is 0 Å². The third kappa shape index (κ3) is 8.27. The monoisotopic (exact) mass is 496 g/mol. The Morgan fingerprint density at radius 3 is 2.63 bits per heavy atom. The number of aliphatic hydroxyl groups excluding tert-OH is 1. The van der Waals surface area contributed by atoms with Crippen molar-refractivity contribution in [2.45, 2.75) is 45.3 Å². The highest BCUT2D eigenvalue weighted by Gasteiger charge is 2.16. The molecule has 0 amide bonds. The van der Waals surface area contributed by atoms with Gasteiger partial charge in [-0.1, -0.05) is 6.07 Å². The van der Waals surface area contributed by atoms with Crippen molar-refractivity contribution in [2.24, 2.45) is 4.99 Å². The molecular weight excluding hydrogens is 465 g/mol. The van der Waals surface area contributed by atoms with Crippen molar-refractivity contribution in [3.63, 3.8) is 0 Å². The molecule has 1 saturated heterocycles. The number of piperidine rings is 1. The lowest BCUT2D eigenvalue weighted by atomic mass is 10.1. The number of guanidine groups is 1. The van der Waals surface area contributed by atoms with Gasteiger partial charge in [0.05, 0.1) is 12.1 Å². The van der Waals surface area contributed by atoms with E-state index in [0.717, 1.165) is 51.5 Å². The van der Waals surface area contributed by atoms with Crippen molar-refractivity contribution in [1.82, 2.24) is 15.5 Å². The van der Waals surface area contributed by atoms with Crippen molar-refractivity contribution in [1.29, 1.82) is 0 Å². The molecule has 1 unspecified atom stereocenters. The average Bonchev–Trinajstić information content (AvgIpc) is 2.62. The largest absolute Gasteiger partial charge is 0.393 e. The number of halogens is 3. The molecule has 1 aromatic carbocycles. The third-order valence-electron chi connectivity index (χ3n) is 4.60. The number of likely N-dealkylation sites (tertiary alicyclic amines) is 1. The van der Waals surface area contributed by atoms with E-state index in [9.17, 15) is 13.9 Å². The number of benzene rings is 1. The van der Waals surface area contributed by atoms with Gasteiger partial charge in [0.15, 0.2) is 17.6 Å². The van der Waals surface area contributed by atoms with Gasteiger partial charge in [0.2, 0.25) is 0 Å². The van der Waals surface area contributed by atoms with Gasteiger partial charge in [0.25, 0.3) is 0 Å². The lowest BCUT2D eigenvalue weighted by Crippen LogP contribution is -2.39. The van der Waals surface area contributed by atoms with Crippen LogP contribution < -0.4 is 10.6 Å². The topological polar surface area (TPSA) is 59.9 Å². The molecule has 5 nitrogen and oxygen atoms in total. The highest BCUT2D eigenvalue weighted by atomic mass is 127. The fourth-order valence-corrected chi connectivity index (χ4v) is 3.02. The van der Waals surface area contributed by atoms with Crippen molar-refractivity contribution in [3.05, 3.63) is 35.4 Å². The van der Waals surface area contributed by atoms with Gasteiger partial charge in [-0.3, -0.25) is 4.99 Å². The Morgan fingerprint density at radius 1 is 1.30 bits per heavy atom. The van der Waals surface area contributed by atoms with Gasteiger partial charge < -0.3 is 20.6 Å². The minimum absolute atomic E-state index is 0. The van der Waals surface area contributed by atoms with Crippen LogP contribution in [0, 0.1) is 11.6 Å². The van der Waals surface area contributed by atoms with Gasteiger partial charge in [-0.25, -0.2) is 8.78 Å². The normalized spacial score (nSPS) is 17.3. The smallest absolute Gasteiger partial charge is 0.191 e. The van der Waals surface area contributed by atoms with Gasteiger partial charge in [-0.05, 0) is 57.4 Å². The summed E-state index contributed by atoms with van der Waals surface area (Å²) in [5.41, 5.74) is 0.668. The van der Waals surface area contributed by atoms with E-state index in [1.165, 1.54) is 6.07 Å². The number of nitrogens with one attached hydrogen (secondary N) is 2. The van der Waals surface area contributed by atoms with Crippen LogP contribution >= 0.6 is 24.0 Å². The van der Waals surface area contributed by atoms with E-state index in [2.05, 4.69) is 20.5 Å². The quantitative estimate of drug-likeness (QED) is 0.235. The Labute approximate surface area is 177 Å².